The van der Waals surface area contributed by atoms with Gasteiger partial charge < -0.3 is 5.32 Å². The van der Waals surface area contributed by atoms with Gasteiger partial charge in [-0.25, -0.2) is 12.7 Å². The van der Waals surface area contributed by atoms with Crippen LogP contribution < -0.4 is 5.32 Å². The molecule has 1 saturated heterocycles. The second-order valence-corrected chi connectivity index (χ2v) is 7.77. The molecule has 1 aromatic carbocycles. The highest BCUT2D eigenvalue weighted by Gasteiger charge is 2.30. The molecule has 1 aliphatic heterocycles. The Morgan fingerprint density at radius 1 is 1.38 bits per heavy atom. The first-order chi connectivity index (χ1) is 9.92. The second kappa shape index (κ2) is 6.77. The van der Waals surface area contributed by atoms with Crippen LogP contribution in [0.5, 0.6) is 0 Å². The summed E-state index contributed by atoms with van der Waals surface area (Å²) in [5.74, 6) is -0.134. The van der Waals surface area contributed by atoms with Crippen LogP contribution in [0.3, 0.4) is 0 Å². The second-order valence-electron chi connectivity index (χ2n) is 5.07. The van der Waals surface area contributed by atoms with Crippen LogP contribution in [0.2, 0.25) is 5.02 Å². The number of halogens is 1. The van der Waals surface area contributed by atoms with Crippen LogP contribution in [-0.2, 0) is 14.8 Å². The Kier molecular flexibility index (Phi) is 5.24. The monoisotopic (exact) mass is 330 g/mol. The molecule has 0 aliphatic carbocycles. The molecule has 1 aromatic rings. The zero-order valence-electron chi connectivity index (χ0n) is 11.9. The average molecular weight is 331 g/mol. The SMILES string of the molecule is CCS(=O)(=O)N1CCC(C(=O)Nc2cccc(Cl)c2)CC1. The zero-order valence-corrected chi connectivity index (χ0v) is 13.5. The van der Waals surface area contributed by atoms with Gasteiger partial charge in [-0.15, -0.1) is 0 Å². The summed E-state index contributed by atoms with van der Waals surface area (Å²) >= 11 is 5.87. The summed E-state index contributed by atoms with van der Waals surface area (Å²) in [6.45, 7) is 2.45. The van der Waals surface area contributed by atoms with E-state index in [-0.39, 0.29) is 17.6 Å². The standard InChI is InChI=1S/C14H19ClN2O3S/c1-2-21(19,20)17-8-6-11(7-9-17)14(18)16-13-5-3-4-12(15)10-13/h3-5,10-11H,2,6-9H2,1H3,(H,16,18). The number of carbonyl (C=O) groups excluding carboxylic acids is 1. The average Bonchev–Trinajstić information content (AvgIpc) is 2.47. The maximum absolute atomic E-state index is 12.2. The van der Waals surface area contributed by atoms with E-state index in [1.165, 1.54) is 4.31 Å². The van der Waals surface area contributed by atoms with Gasteiger partial charge in [-0.3, -0.25) is 4.79 Å². The van der Waals surface area contributed by atoms with E-state index < -0.39 is 10.0 Å². The van der Waals surface area contributed by atoms with E-state index in [0.717, 1.165) is 0 Å². The third kappa shape index (κ3) is 4.18. The highest BCUT2D eigenvalue weighted by atomic mass is 35.5. The van der Waals surface area contributed by atoms with Crippen LogP contribution in [0.15, 0.2) is 24.3 Å². The Morgan fingerprint density at radius 2 is 2.05 bits per heavy atom. The normalized spacial score (nSPS) is 17.6. The first-order valence-electron chi connectivity index (χ1n) is 6.96. The summed E-state index contributed by atoms with van der Waals surface area (Å²) < 4.78 is 25.0. The summed E-state index contributed by atoms with van der Waals surface area (Å²) in [4.78, 5) is 12.2. The van der Waals surface area contributed by atoms with Crippen LogP contribution in [0.25, 0.3) is 0 Å². The summed E-state index contributed by atoms with van der Waals surface area (Å²) in [5, 5.41) is 3.40. The van der Waals surface area contributed by atoms with Gasteiger partial charge >= 0.3 is 0 Å². The van der Waals surface area contributed by atoms with Crippen molar-refractivity contribution in [1.82, 2.24) is 4.31 Å². The lowest BCUT2D eigenvalue weighted by molar-refractivity contribution is -0.120. The number of nitrogens with zero attached hydrogens (tertiary/aromatic N) is 1. The molecule has 5 nitrogen and oxygen atoms in total. The van der Waals surface area contributed by atoms with Gasteiger partial charge in [-0.2, -0.15) is 0 Å². The van der Waals surface area contributed by atoms with Crippen LogP contribution >= 0.6 is 11.6 Å². The minimum atomic E-state index is -3.15. The number of sulfonamides is 1. The molecule has 7 heteroatoms. The van der Waals surface area contributed by atoms with E-state index in [0.29, 0.717) is 36.6 Å². The minimum absolute atomic E-state index is 0.0780. The smallest absolute Gasteiger partial charge is 0.227 e. The molecule has 2 rings (SSSR count). The first kappa shape index (κ1) is 16.3. The van der Waals surface area contributed by atoms with Crippen molar-refractivity contribution < 1.29 is 13.2 Å². The van der Waals surface area contributed by atoms with Crippen molar-refractivity contribution in [3.63, 3.8) is 0 Å². The van der Waals surface area contributed by atoms with Crippen LogP contribution in [-0.4, -0.2) is 37.5 Å². The Morgan fingerprint density at radius 3 is 2.62 bits per heavy atom. The van der Waals surface area contributed by atoms with Gasteiger partial charge in [0.05, 0.1) is 5.75 Å². The molecule has 0 radical (unpaired) electrons. The largest absolute Gasteiger partial charge is 0.326 e. The van der Waals surface area contributed by atoms with Crippen molar-refractivity contribution >= 4 is 33.2 Å². The lowest BCUT2D eigenvalue weighted by atomic mass is 9.97. The predicted molar refractivity (Wildman–Crippen MR) is 83.8 cm³/mol. The van der Waals surface area contributed by atoms with Gasteiger partial charge in [0, 0.05) is 29.7 Å². The number of benzene rings is 1. The summed E-state index contributed by atoms with van der Waals surface area (Å²) in [7, 11) is -3.15. The molecular weight excluding hydrogens is 312 g/mol. The Bertz CT molecular complexity index is 610. The Labute approximate surface area is 130 Å². The van der Waals surface area contributed by atoms with Gasteiger partial charge in [0.1, 0.15) is 0 Å². The first-order valence-corrected chi connectivity index (χ1v) is 8.95. The highest BCUT2D eigenvalue weighted by molar-refractivity contribution is 7.89. The molecule has 1 N–H and O–H groups in total. The number of hydrogen-bond donors (Lipinski definition) is 1. The molecular formula is C14H19ClN2O3S. The van der Waals surface area contributed by atoms with E-state index >= 15 is 0 Å². The molecule has 0 spiro atoms. The van der Waals surface area contributed by atoms with Crippen LogP contribution in [0, 0.1) is 5.92 Å². The van der Waals surface area contributed by atoms with Crippen molar-refractivity contribution in [1.29, 1.82) is 0 Å². The zero-order chi connectivity index (χ0) is 15.5. The molecule has 116 valence electrons. The number of carbonyl (C=O) groups is 1. The third-order valence-corrected chi connectivity index (χ3v) is 5.79. The molecule has 0 saturated carbocycles. The topological polar surface area (TPSA) is 66.5 Å². The van der Waals surface area contributed by atoms with Gasteiger partial charge in [0.25, 0.3) is 0 Å². The molecule has 21 heavy (non-hydrogen) atoms. The highest BCUT2D eigenvalue weighted by Crippen LogP contribution is 2.22. The van der Waals surface area contributed by atoms with E-state index in [4.69, 9.17) is 11.6 Å². The molecule has 1 amide bonds. The summed E-state index contributed by atoms with van der Waals surface area (Å²) in [6.07, 6.45) is 1.09. The Balaban J connectivity index is 1.92. The number of rotatable bonds is 4. The molecule has 0 unspecified atom stereocenters. The van der Waals surface area contributed by atoms with Gasteiger partial charge in [0.2, 0.25) is 15.9 Å². The number of piperidine rings is 1. The van der Waals surface area contributed by atoms with Gasteiger partial charge in [-0.05, 0) is 38.0 Å². The maximum atomic E-state index is 12.2. The van der Waals surface area contributed by atoms with E-state index in [1.807, 2.05) is 0 Å². The maximum Gasteiger partial charge on any atom is 0.227 e. The number of amides is 1. The summed E-state index contributed by atoms with van der Waals surface area (Å²) in [5.41, 5.74) is 0.663. The molecule has 0 aromatic heterocycles. The molecule has 1 heterocycles. The van der Waals surface area contributed by atoms with E-state index in [9.17, 15) is 13.2 Å². The fourth-order valence-corrected chi connectivity index (χ4v) is 3.71. The fourth-order valence-electron chi connectivity index (χ4n) is 2.39. The quantitative estimate of drug-likeness (QED) is 0.921. The van der Waals surface area contributed by atoms with E-state index in [1.54, 1.807) is 31.2 Å². The minimum Gasteiger partial charge on any atom is -0.326 e. The number of nitrogens with one attached hydrogen (secondary N) is 1. The van der Waals surface area contributed by atoms with Gasteiger partial charge in [-0.1, -0.05) is 17.7 Å². The van der Waals surface area contributed by atoms with Crippen LogP contribution in [0.4, 0.5) is 5.69 Å². The number of anilines is 1. The lowest BCUT2D eigenvalue weighted by Crippen LogP contribution is -2.42. The molecule has 1 aliphatic rings. The van der Waals surface area contributed by atoms with E-state index in [2.05, 4.69) is 5.32 Å². The van der Waals surface area contributed by atoms with Crippen molar-refractivity contribution in [2.75, 3.05) is 24.2 Å². The fraction of sp³-hybridized carbons (Fsp3) is 0.500. The van der Waals surface area contributed by atoms with Crippen molar-refractivity contribution in [3.8, 4) is 0 Å². The van der Waals surface area contributed by atoms with Crippen LogP contribution in [0.1, 0.15) is 19.8 Å². The number of hydrogen-bond acceptors (Lipinski definition) is 3. The van der Waals surface area contributed by atoms with Crippen molar-refractivity contribution in [2.45, 2.75) is 19.8 Å². The lowest BCUT2D eigenvalue weighted by Gasteiger charge is -2.30. The van der Waals surface area contributed by atoms with Crippen molar-refractivity contribution in [2.24, 2.45) is 5.92 Å². The third-order valence-electron chi connectivity index (χ3n) is 3.68. The molecule has 0 bridgehead atoms. The summed E-state index contributed by atoms with van der Waals surface area (Å²) in [6, 6.07) is 6.98. The van der Waals surface area contributed by atoms with Crippen molar-refractivity contribution in [3.05, 3.63) is 29.3 Å². The predicted octanol–water partition coefficient (Wildman–Crippen LogP) is 2.34. The molecule has 1 fully saturated rings. The van der Waals surface area contributed by atoms with Gasteiger partial charge in [0.15, 0.2) is 0 Å². The Hall–Kier alpha value is -1.11. The molecule has 0 atom stereocenters.